The van der Waals surface area contributed by atoms with Crippen molar-refractivity contribution in [3.63, 3.8) is 0 Å². The first-order valence-corrected chi connectivity index (χ1v) is 5.86. The van der Waals surface area contributed by atoms with Gasteiger partial charge in [0.05, 0.1) is 11.9 Å². The predicted molar refractivity (Wildman–Crippen MR) is 71.7 cm³/mol. The summed E-state index contributed by atoms with van der Waals surface area (Å²) in [6.45, 7) is 2.72. The highest BCUT2D eigenvalue weighted by molar-refractivity contribution is 6.31. The quantitative estimate of drug-likeness (QED) is 0.836. The van der Waals surface area contributed by atoms with Gasteiger partial charge in [0.25, 0.3) is 5.91 Å². The maximum absolute atomic E-state index is 12.0. The van der Waals surface area contributed by atoms with E-state index < -0.39 is 0 Å². The second kappa shape index (κ2) is 5.10. The lowest BCUT2D eigenvalue weighted by Crippen LogP contribution is -2.11. The molecule has 0 unspecified atom stereocenters. The number of nitrogens with two attached hydrogens (primary N) is 1. The molecule has 0 radical (unpaired) electrons. The lowest BCUT2D eigenvalue weighted by Gasteiger charge is -2.04. The summed E-state index contributed by atoms with van der Waals surface area (Å²) in [6, 6.07) is 4.73. The first-order chi connectivity index (χ1) is 8.58. The molecule has 0 spiro atoms. The fourth-order valence-corrected chi connectivity index (χ4v) is 1.79. The lowest BCUT2D eigenvalue weighted by atomic mass is 10.2. The number of halogens is 1. The van der Waals surface area contributed by atoms with Gasteiger partial charge >= 0.3 is 0 Å². The van der Waals surface area contributed by atoms with Crippen molar-refractivity contribution in [2.75, 3.05) is 11.1 Å². The number of rotatable bonds is 3. The molecule has 0 atom stereocenters. The number of carbonyl (C=O) groups is 1. The van der Waals surface area contributed by atoms with E-state index in [9.17, 15) is 4.79 Å². The number of amides is 1. The van der Waals surface area contributed by atoms with Gasteiger partial charge in [-0.1, -0.05) is 11.6 Å². The molecule has 0 bridgehead atoms. The SMILES string of the molecule is CCn1cc(NC(=O)c2cc(N)cc(Cl)c2)cn1. The van der Waals surface area contributed by atoms with Crippen molar-refractivity contribution in [3.8, 4) is 0 Å². The van der Waals surface area contributed by atoms with Crippen LogP contribution in [0, 0.1) is 0 Å². The van der Waals surface area contributed by atoms with E-state index in [4.69, 9.17) is 17.3 Å². The summed E-state index contributed by atoms with van der Waals surface area (Å²) >= 11 is 5.85. The second-order valence-corrected chi connectivity index (χ2v) is 4.25. The van der Waals surface area contributed by atoms with Crippen molar-refractivity contribution < 1.29 is 4.79 Å². The largest absolute Gasteiger partial charge is 0.399 e. The molecule has 0 aliphatic heterocycles. The van der Waals surface area contributed by atoms with Crippen LogP contribution in [-0.4, -0.2) is 15.7 Å². The number of aromatic nitrogens is 2. The predicted octanol–water partition coefficient (Wildman–Crippen LogP) is 2.39. The molecular formula is C12H13ClN4O. The molecule has 2 aromatic rings. The van der Waals surface area contributed by atoms with Gasteiger partial charge < -0.3 is 11.1 Å². The summed E-state index contributed by atoms with van der Waals surface area (Å²) in [5.41, 5.74) is 7.15. The highest BCUT2D eigenvalue weighted by Gasteiger charge is 2.09. The van der Waals surface area contributed by atoms with Crippen molar-refractivity contribution in [1.82, 2.24) is 9.78 Å². The number of hydrogen-bond acceptors (Lipinski definition) is 3. The van der Waals surface area contributed by atoms with Crippen LogP contribution in [0.5, 0.6) is 0 Å². The van der Waals surface area contributed by atoms with Crippen LogP contribution in [0.4, 0.5) is 11.4 Å². The molecule has 1 amide bonds. The van der Waals surface area contributed by atoms with Gasteiger partial charge in [-0.3, -0.25) is 9.48 Å². The minimum atomic E-state index is -0.264. The minimum Gasteiger partial charge on any atom is -0.399 e. The lowest BCUT2D eigenvalue weighted by molar-refractivity contribution is 0.102. The van der Waals surface area contributed by atoms with Crippen molar-refractivity contribution in [2.24, 2.45) is 0 Å². The third-order valence-electron chi connectivity index (χ3n) is 2.40. The number of benzene rings is 1. The van der Waals surface area contributed by atoms with E-state index in [1.54, 1.807) is 35.3 Å². The highest BCUT2D eigenvalue weighted by Crippen LogP contribution is 2.17. The normalized spacial score (nSPS) is 10.3. The van der Waals surface area contributed by atoms with Gasteiger partial charge in [-0.2, -0.15) is 5.10 Å². The molecule has 6 heteroatoms. The summed E-state index contributed by atoms with van der Waals surface area (Å²) in [5.74, 6) is -0.264. The number of aryl methyl sites for hydroxylation is 1. The molecule has 0 saturated heterocycles. The monoisotopic (exact) mass is 264 g/mol. The third-order valence-corrected chi connectivity index (χ3v) is 2.62. The van der Waals surface area contributed by atoms with Crippen LogP contribution in [0.15, 0.2) is 30.6 Å². The fraction of sp³-hybridized carbons (Fsp3) is 0.167. The second-order valence-electron chi connectivity index (χ2n) is 3.81. The van der Waals surface area contributed by atoms with Gasteiger partial charge in [0.15, 0.2) is 0 Å². The first-order valence-electron chi connectivity index (χ1n) is 5.48. The molecule has 1 heterocycles. The molecule has 2 rings (SSSR count). The van der Waals surface area contributed by atoms with Crippen molar-refractivity contribution in [1.29, 1.82) is 0 Å². The molecule has 94 valence electrons. The average Bonchev–Trinajstić information content (AvgIpc) is 2.75. The standard InChI is InChI=1S/C12H13ClN4O/c1-2-17-7-11(6-15-17)16-12(18)8-3-9(13)5-10(14)4-8/h3-7H,2,14H2,1H3,(H,16,18). The summed E-state index contributed by atoms with van der Waals surface area (Å²) in [6.07, 6.45) is 3.35. The Morgan fingerprint density at radius 2 is 2.28 bits per heavy atom. The van der Waals surface area contributed by atoms with Crippen LogP contribution in [0.3, 0.4) is 0 Å². The maximum Gasteiger partial charge on any atom is 0.255 e. The number of anilines is 2. The number of nitrogen functional groups attached to an aromatic ring is 1. The van der Waals surface area contributed by atoms with Crippen LogP contribution >= 0.6 is 11.6 Å². The molecule has 18 heavy (non-hydrogen) atoms. The van der Waals surface area contributed by atoms with E-state index in [-0.39, 0.29) is 5.91 Å². The minimum absolute atomic E-state index is 0.264. The van der Waals surface area contributed by atoms with E-state index in [0.29, 0.717) is 22.0 Å². The molecule has 5 nitrogen and oxygen atoms in total. The van der Waals surface area contributed by atoms with Crippen molar-refractivity contribution in [3.05, 3.63) is 41.2 Å². The molecule has 1 aromatic carbocycles. The van der Waals surface area contributed by atoms with E-state index in [0.717, 1.165) is 6.54 Å². The Hall–Kier alpha value is -2.01. The molecule has 0 aliphatic carbocycles. The Morgan fingerprint density at radius 1 is 1.50 bits per heavy atom. The summed E-state index contributed by atoms with van der Waals surface area (Å²) in [5, 5.41) is 7.23. The Bertz CT molecular complexity index is 559. The zero-order valence-corrected chi connectivity index (χ0v) is 10.6. The Balaban J connectivity index is 2.16. The first kappa shape index (κ1) is 12.4. The smallest absolute Gasteiger partial charge is 0.255 e. The van der Waals surface area contributed by atoms with E-state index in [1.165, 1.54) is 0 Å². The van der Waals surface area contributed by atoms with Crippen molar-refractivity contribution in [2.45, 2.75) is 13.5 Å². The van der Waals surface area contributed by atoms with E-state index in [1.807, 2.05) is 6.92 Å². The Labute approximate surface area is 110 Å². The number of nitrogens with zero attached hydrogens (tertiary/aromatic N) is 2. The van der Waals surface area contributed by atoms with E-state index in [2.05, 4.69) is 10.4 Å². The zero-order chi connectivity index (χ0) is 13.1. The van der Waals surface area contributed by atoms with Gasteiger partial charge in [-0.25, -0.2) is 0 Å². The average molecular weight is 265 g/mol. The summed E-state index contributed by atoms with van der Waals surface area (Å²) in [4.78, 5) is 12.0. The van der Waals surface area contributed by atoms with Gasteiger partial charge in [0.1, 0.15) is 0 Å². The zero-order valence-electron chi connectivity index (χ0n) is 9.85. The van der Waals surface area contributed by atoms with Crippen LogP contribution in [0.25, 0.3) is 0 Å². The maximum atomic E-state index is 12.0. The van der Waals surface area contributed by atoms with Crippen LogP contribution in [-0.2, 0) is 6.54 Å². The third kappa shape index (κ3) is 2.81. The molecule has 3 N–H and O–H groups in total. The topological polar surface area (TPSA) is 72.9 Å². The van der Waals surface area contributed by atoms with E-state index >= 15 is 0 Å². The Morgan fingerprint density at radius 3 is 2.89 bits per heavy atom. The van der Waals surface area contributed by atoms with Gasteiger partial charge in [-0.05, 0) is 25.1 Å². The number of hydrogen-bond donors (Lipinski definition) is 2. The van der Waals surface area contributed by atoms with Crippen LogP contribution < -0.4 is 11.1 Å². The molecule has 1 aromatic heterocycles. The summed E-state index contributed by atoms with van der Waals surface area (Å²) < 4.78 is 1.72. The van der Waals surface area contributed by atoms with Crippen molar-refractivity contribution >= 4 is 28.9 Å². The highest BCUT2D eigenvalue weighted by atomic mass is 35.5. The van der Waals surface area contributed by atoms with Gasteiger partial charge in [-0.15, -0.1) is 0 Å². The van der Waals surface area contributed by atoms with Crippen LogP contribution in [0.1, 0.15) is 17.3 Å². The van der Waals surface area contributed by atoms with Gasteiger partial charge in [0, 0.05) is 29.0 Å². The number of nitrogens with one attached hydrogen (secondary N) is 1. The number of carbonyl (C=O) groups excluding carboxylic acids is 1. The summed E-state index contributed by atoms with van der Waals surface area (Å²) in [7, 11) is 0. The molecule has 0 saturated carbocycles. The Kier molecular flexibility index (Phi) is 3.53. The fourth-order valence-electron chi connectivity index (χ4n) is 1.55. The van der Waals surface area contributed by atoms with Crippen LogP contribution in [0.2, 0.25) is 5.02 Å². The molecular weight excluding hydrogens is 252 g/mol. The molecule has 0 fully saturated rings. The molecule has 0 aliphatic rings. The van der Waals surface area contributed by atoms with Gasteiger partial charge in [0.2, 0.25) is 0 Å².